The van der Waals surface area contributed by atoms with Crippen molar-refractivity contribution >= 4 is 29.9 Å². The zero-order valence-corrected chi connectivity index (χ0v) is 17.2. The van der Waals surface area contributed by atoms with E-state index in [0.29, 0.717) is 10.9 Å². The van der Waals surface area contributed by atoms with Crippen LogP contribution in [-0.4, -0.2) is 42.1 Å². The summed E-state index contributed by atoms with van der Waals surface area (Å²) in [4.78, 5) is 15.0. The number of aryl methyl sites for hydroxylation is 1. The van der Waals surface area contributed by atoms with Gasteiger partial charge in [-0.3, -0.25) is 4.79 Å². The number of likely N-dealkylation sites (tertiary alicyclic amines) is 1. The number of benzene rings is 1. The molecule has 0 bridgehead atoms. The van der Waals surface area contributed by atoms with E-state index in [1.165, 1.54) is 0 Å². The molecule has 6 heteroatoms. The number of hydrogen-bond donors (Lipinski definition) is 1. The number of amides is 1. The molecule has 2 heterocycles. The molecule has 0 atom stereocenters. The van der Waals surface area contributed by atoms with Crippen LogP contribution in [0, 0.1) is 19.8 Å². The lowest BCUT2D eigenvalue weighted by atomic mass is 9.96. The number of nitrogens with zero attached hydrogens (tertiary/aromatic N) is 2. The molecule has 0 saturated carbocycles. The standard InChI is InChI=1S/C20H26ClN3O.ClH/c1-14-12-19(15(2)24(14)18-6-4-17(21)5-7-18)20(25)23-10-8-16(9-11-23)13-22-3;/h4-7,12,16,22H,8-11,13H2,1-3H3;1H. The summed E-state index contributed by atoms with van der Waals surface area (Å²) in [5.74, 6) is 0.826. The molecule has 1 saturated heterocycles. The highest BCUT2D eigenvalue weighted by Gasteiger charge is 2.26. The highest BCUT2D eigenvalue weighted by molar-refractivity contribution is 6.30. The van der Waals surface area contributed by atoms with Gasteiger partial charge in [-0.05, 0) is 76.5 Å². The van der Waals surface area contributed by atoms with Gasteiger partial charge in [0.15, 0.2) is 0 Å². The van der Waals surface area contributed by atoms with Crippen LogP contribution in [0.4, 0.5) is 0 Å². The number of rotatable bonds is 4. The normalized spacial score (nSPS) is 15.0. The maximum Gasteiger partial charge on any atom is 0.255 e. The van der Waals surface area contributed by atoms with E-state index in [0.717, 1.165) is 55.1 Å². The Morgan fingerprint density at radius 1 is 1.19 bits per heavy atom. The summed E-state index contributed by atoms with van der Waals surface area (Å²) in [5.41, 5.74) is 3.89. The quantitative estimate of drug-likeness (QED) is 0.840. The molecule has 142 valence electrons. The Labute approximate surface area is 166 Å². The zero-order valence-electron chi connectivity index (χ0n) is 15.6. The van der Waals surface area contributed by atoms with Gasteiger partial charge < -0.3 is 14.8 Å². The second-order valence-corrected chi connectivity index (χ2v) is 7.33. The first kappa shape index (κ1) is 20.8. The molecule has 2 aromatic rings. The van der Waals surface area contributed by atoms with Gasteiger partial charge in [-0.2, -0.15) is 0 Å². The van der Waals surface area contributed by atoms with Crippen LogP contribution >= 0.6 is 24.0 Å². The summed E-state index contributed by atoms with van der Waals surface area (Å²) in [7, 11) is 1.99. The van der Waals surface area contributed by atoms with E-state index in [4.69, 9.17) is 11.6 Å². The second kappa shape index (κ2) is 8.94. The van der Waals surface area contributed by atoms with Crippen LogP contribution in [-0.2, 0) is 0 Å². The predicted molar refractivity (Wildman–Crippen MR) is 110 cm³/mol. The molecule has 1 aromatic heterocycles. The van der Waals surface area contributed by atoms with E-state index in [1.54, 1.807) is 0 Å². The van der Waals surface area contributed by atoms with Gasteiger partial charge in [-0.25, -0.2) is 0 Å². The van der Waals surface area contributed by atoms with Crippen molar-refractivity contribution < 1.29 is 4.79 Å². The smallest absolute Gasteiger partial charge is 0.255 e. The third-order valence-corrected chi connectivity index (χ3v) is 5.39. The van der Waals surface area contributed by atoms with Crippen LogP contribution in [0.1, 0.15) is 34.6 Å². The highest BCUT2D eigenvalue weighted by atomic mass is 35.5. The summed E-state index contributed by atoms with van der Waals surface area (Å²) in [5, 5.41) is 3.95. The van der Waals surface area contributed by atoms with Gasteiger partial charge in [0, 0.05) is 35.2 Å². The molecule has 0 unspecified atom stereocenters. The summed E-state index contributed by atoms with van der Waals surface area (Å²) in [6, 6.07) is 9.74. The van der Waals surface area contributed by atoms with Crippen LogP contribution in [0.25, 0.3) is 5.69 Å². The Kier molecular flexibility index (Phi) is 7.16. The molecular weight excluding hydrogens is 369 g/mol. The third kappa shape index (κ3) is 4.25. The number of carbonyl (C=O) groups excluding carboxylic acids is 1. The van der Waals surface area contributed by atoms with Crippen LogP contribution in [0.3, 0.4) is 0 Å². The molecule has 4 nitrogen and oxygen atoms in total. The van der Waals surface area contributed by atoms with Gasteiger partial charge in [0.25, 0.3) is 5.91 Å². The van der Waals surface area contributed by atoms with E-state index < -0.39 is 0 Å². The molecule has 1 N–H and O–H groups in total. The summed E-state index contributed by atoms with van der Waals surface area (Å²) < 4.78 is 2.12. The fraction of sp³-hybridized carbons (Fsp3) is 0.450. The summed E-state index contributed by atoms with van der Waals surface area (Å²) >= 11 is 6.00. The van der Waals surface area contributed by atoms with Crippen LogP contribution in [0.5, 0.6) is 0 Å². The van der Waals surface area contributed by atoms with E-state index in [1.807, 2.05) is 56.1 Å². The summed E-state index contributed by atoms with van der Waals surface area (Å²) in [6.07, 6.45) is 2.14. The molecule has 1 fully saturated rings. The molecule has 3 rings (SSSR count). The lowest BCUT2D eigenvalue weighted by Gasteiger charge is -2.32. The van der Waals surface area contributed by atoms with Crippen LogP contribution < -0.4 is 5.32 Å². The van der Waals surface area contributed by atoms with Crippen molar-refractivity contribution in [3.63, 3.8) is 0 Å². The Bertz CT molecular complexity index is 747. The van der Waals surface area contributed by atoms with Gasteiger partial charge in [-0.1, -0.05) is 11.6 Å². The maximum absolute atomic E-state index is 13.0. The molecule has 26 heavy (non-hydrogen) atoms. The van der Waals surface area contributed by atoms with Gasteiger partial charge >= 0.3 is 0 Å². The van der Waals surface area contributed by atoms with E-state index >= 15 is 0 Å². The third-order valence-electron chi connectivity index (χ3n) is 5.14. The van der Waals surface area contributed by atoms with Crippen LogP contribution in [0.15, 0.2) is 30.3 Å². The fourth-order valence-electron chi connectivity index (χ4n) is 3.77. The predicted octanol–water partition coefficient (Wildman–Crippen LogP) is 4.24. The van der Waals surface area contributed by atoms with Gasteiger partial charge in [-0.15, -0.1) is 12.4 Å². The Morgan fingerprint density at radius 2 is 1.81 bits per heavy atom. The minimum Gasteiger partial charge on any atom is -0.339 e. The highest BCUT2D eigenvalue weighted by Crippen LogP contribution is 2.25. The molecule has 1 aliphatic heterocycles. The Balaban J connectivity index is 0.00000243. The van der Waals surface area contributed by atoms with E-state index in [9.17, 15) is 4.79 Å². The zero-order chi connectivity index (χ0) is 18.0. The minimum absolute atomic E-state index is 0. The Hall–Kier alpha value is -1.49. The number of hydrogen-bond acceptors (Lipinski definition) is 2. The first-order chi connectivity index (χ1) is 12.0. The molecule has 1 amide bonds. The first-order valence-corrected chi connectivity index (χ1v) is 9.27. The van der Waals surface area contributed by atoms with Gasteiger partial charge in [0.1, 0.15) is 0 Å². The fourth-order valence-corrected chi connectivity index (χ4v) is 3.89. The van der Waals surface area contributed by atoms with E-state index in [2.05, 4.69) is 9.88 Å². The number of halogens is 2. The molecule has 1 aliphatic rings. The van der Waals surface area contributed by atoms with Crippen molar-refractivity contribution in [3.05, 3.63) is 52.3 Å². The maximum atomic E-state index is 13.0. The van der Waals surface area contributed by atoms with Crippen LogP contribution in [0.2, 0.25) is 5.02 Å². The Morgan fingerprint density at radius 3 is 2.38 bits per heavy atom. The monoisotopic (exact) mass is 395 g/mol. The molecule has 1 aromatic carbocycles. The van der Waals surface area contributed by atoms with Crippen molar-refractivity contribution in [1.82, 2.24) is 14.8 Å². The second-order valence-electron chi connectivity index (χ2n) is 6.89. The minimum atomic E-state index is 0. The number of carbonyl (C=O) groups is 1. The number of aromatic nitrogens is 1. The lowest BCUT2D eigenvalue weighted by Crippen LogP contribution is -2.40. The van der Waals surface area contributed by atoms with Crippen molar-refractivity contribution in [2.45, 2.75) is 26.7 Å². The van der Waals surface area contributed by atoms with E-state index in [-0.39, 0.29) is 18.3 Å². The first-order valence-electron chi connectivity index (χ1n) is 8.90. The summed E-state index contributed by atoms with van der Waals surface area (Å²) in [6.45, 7) is 6.78. The molecule has 0 radical (unpaired) electrons. The van der Waals surface area contributed by atoms with Gasteiger partial charge in [0.2, 0.25) is 0 Å². The van der Waals surface area contributed by atoms with Crippen molar-refractivity contribution in [1.29, 1.82) is 0 Å². The largest absolute Gasteiger partial charge is 0.339 e. The average Bonchev–Trinajstić information content (AvgIpc) is 2.91. The molecular formula is C20H27Cl2N3O. The SMILES string of the molecule is CNCC1CCN(C(=O)c2cc(C)n(-c3ccc(Cl)cc3)c2C)CC1.Cl. The van der Waals surface area contributed by atoms with Crippen molar-refractivity contribution in [3.8, 4) is 5.69 Å². The molecule has 0 spiro atoms. The molecule has 0 aliphatic carbocycles. The number of nitrogens with one attached hydrogen (secondary N) is 1. The van der Waals surface area contributed by atoms with Crippen molar-refractivity contribution in [2.75, 3.05) is 26.7 Å². The average molecular weight is 396 g/mol. The van der Waals surface area contributed by atoms with Gasteiger partial charge in [0.05, 0.1) is 5.56 Å². The lowest BCUT2D eigenvalue weighted by molar-refractivity contribution is 0.0690. The topological polar surface area (TPSA) is 37.3 Å². The van der Waals surface area contributed by atoms with Crippen molar-refractivity contribution in [2.24, 2.45) is 5.92 Å². The number of piperidine rings is 1.